The maximum atomic E-state index is 5.97. The number of ether oxygens (including phenoxy) is 2. The molecule has 1 aliphatic carbocycles. The normalized spacial score (nSPS) is 38.7. The van der Waals surface area contributed by atoms with Crippen molar-refractivity contribution in [2.24, 2.45) is 0 Å². The van der Waals surface area contributed by atoms with Crippen molar-refractivity contribution in [1.29, 1.82) is 0 Å². The molecule has 4 heteroatoms. The van der Waals surface area contributed by atoms with Gasteiger partial charge in [-0.15, -0.1) is 0 Å². The zero-order valence-electron chi connectivity index (χ0n) is 12.1. The lowest BCUT2D eigenvalue weighted by Gasteiger charge is -2.47. The van der Waals surface area contributed by atoms with Gasteiger partial charge in [0.15, 0.2) is 0 Å². The average Bonchev–Trinajstić information content (AvgIpc) is 2.47. The maximum Gasteiger partial charge on any atom is 0.0731 e. The first-order valence-electron chi connectivity index (χ1n) is 8.03. The van der Waals surface area contributed by atoms with Gasteiger partial charge in [-0.1, -0.05) is 12.8 Å². The smallest absolute Gasteiger partial charge is 0.0731 e. The number of nitrogens with zero attached hydrogens (tertiary/aromatic N) is 1. The first-order valence-corrected chi connectivity index (χ1v) is 8.03. The molecule has 4 atom stereocenters. The predicted octanol–water partition coefficient (Wildman–Crippen LogP) is 1.40. The number of hydrogen-bond acceptors (Lipinski definition) is 4. The van der Waals surface area contributed by atoms with Gasteiger partial charge in [-0.2, -0.15) is 0 Å². The fourth-order valence-corrected chi connectivity index (χ4v) is 3.99. The molecule has 0 aromatic carbocycles. The minimum Gasteiger partial charge on any atom is -0.379 e. The van der Waals surface area contributed by atoms with Crippen LogP contribution in [-0.4, -0.2) is 62.0 Å². The summed E-state index contributed by atoms with van der Waals surface area (Å²) < 4.78 is 11.5. The second-order valence-electron chi connectivity index (χ2n) is 6.31. The largest absolute Gasteiger partial charge is 0.379 e. The van der Waals surface area contributed by atoms with Gasteiger partial charge < -0.3 is 14.8 Å². The molecule has 2 aliphatic heterocycles. The maximum absolute atomic E-state index is 5.97. The van der Waals surface area contributed by atoms with Crippen LogP contribution in [0.5, 0.6) is 0 Å². The quantitative estimate of drug-likeness (QED) is 0.839. The third kappa shape index (κ3) is 3.30. The van der Waals surface area contributed by atoms with E-state index < -0.39 is 0 Å². The highest BCUT2D eigenvalue weighted by Crippen LogP contribution is 2.30. The summed E-state index contributed by atoms with van der Waals surface area (Å²) in [6, 6.07) is 1.84. The molecule has 2 saturated heterocycles. The zero-order valence-corrected chi connectivity index (χ0v) is 12.1. The third-order valence-electron chi connectivity index (χ3n) is 4.97. The van der Waals surface area contributed by atoms with Gasteiger partial charge in [-0.05, 0) is 26.2 Å². The molecule has 0 radical (unpaired) electrons. The monoisotopic (exact) mass is 268 g/mol. The van der Waals surface area contributed by atoms with E-state index >= 15 is 0 Å². The van der Waals surface area contributed by atoms with Crippen LogP contribution in [0, 0.1) is 0 Å². The Morgan fingerprint density at radius 2 is 2.16 bits per heavy atom. The number of morpholine rings is 2. The molecule has 0 amide bonds. The number of rotatable bonds is 3. The molecule has 3 rings (SSSR count). The Bertz CT molecular complexity index is 279. The van der Waals surface area contributed by atoms with Crippen LogP contribution in [0.25, 0.3) is 0 Å². The molecule has 3 aliphatic rings. The van der Waals surface area contributed by atoms with Crippen LogP contribution in [0.2, 0.25) is 0 Å². The summed E-state index contributed by atoms with van der Waals surface area (Å²) in [5.41, 5.74) is 0. The summed E-state index contributed by atoms with van der Waals surface area (Å²) in [6.07, 6.45) is 7.01. The molecular formula is C15H28N2O2. The summed E-state index contributed by atoms with van der Waals surface area (Å²) >= 11 is 0. The van der Waals surface area contributed by atoms with E-state index in [1.54, 1.807) is 0 Å². The molecule has 0 bridgehead atoms. The van der Waals surface area contributed by atoms with Crippen molar-refractivity contribution in [3.05, 3.63) is 0 Å². The lowest BCUT2D eigenvalue weighted by atomic mass is 9.88. The van der Waals surface area contributed by atoms with Crippen molar-refractivity contribution >= 4 is 0 Å². The molecule has 4 unspecified atom stereocenters. The molecule has 1 saturated carbocycles. The van der Waals surface area contributed by atoms with Crippen LogP contribution in [0.3, 0.4) is 0 Å². The van der Waals surface area contributed by atoms with Crippen LogP contribution in [0.15, 0.2) is 0 Å². The van der Waals surface area contributed by atoms with Crippen molar-refractivity contribution in [1.82, 2.24) is 10.2 Å². The van der Waals surface area contributed by atoms with E-state index in [2.05, 4.69) is 17.1 Å². The molecule has 110 valence electrons. The minimum absolute atomic E-state index is 0.500. The van der Waals surface area contributed by atoms with E-state index in [1.165, 1.54) is 32.1 Å². The molecule has 0 aromatic rings. The highest BCUT2D eigenvalue weighted by Gasteiger charge is 2.36. The van der Waals surface area contributed by atoms with Crippen LogP contribution in [0.4, 0.5) is 0 Å². The minimum atomic E-state index is 0.500. The van der Waals surface area contributed by atoms with E-state index in [9.17, 15) is 0 Å². The van der Waals surface area contributed by atoms with E-state index in [0.717, 1.165) is 32.9 Å². The van der Waals surface area contributed by atoms with Gasteiger partial charge in [0.1, 0.15) is 0 Å². The first-order chi connectivity index (χ1) is 9.34. The van der Waals surface area contributed by atoms with Crippen molar-refractivity contribution in [2.45, 2.75) is 63.3 Å². The molecular weight excluding hydrogens is 240 g/mol. The van der Waals surface area contributed by atoms with Crippen LogP contribution in [0.1, 0.15) is 39.0 Å². The second-order valence-corrected chi connectivity index (χ2v) is 6.31. The van der Waals surface area contributed by atoms with Gasteiger partial charge in [0, 0.05) is 31.2 Å². The Balaban J connectivity index is 1.56. The third-order valence-corrected chi connectivity index (χ3v) is 4.97. The standard InChI is InChI=1S/C15H28N2O2/c1-12(10-13-11-18-8-6-16-13)17-7-9-19-15-5-3-2-4-14(15)17/h12-16H,2-11H2,1H3. The summed E-state index contributed by atoms with van der Waals surface area (Å²) in [4.78, 5) is 2.71. The van der Waals surface area contributed by atoms with Gasteiger partial charge in [0.25, 0.3) is 0 Å². The van der Waals surface area contributed by atoms with Gasteiger partial charge in [0.05, 0.1) is 25.9 Å². The highest BCUT2D eigenvalue weighted by molar-refractivity contribution is 4.91. The zero-order chi connectivity index (χ0) is 13.1. The van der Waals surface area contributed by atoms with Crippen LogP contribution in [-0.2, 0) is 9.47 Å². The van der Waals surface area contributed by atoms with E-state index in [0.29, 0.717) is 24.2 Å². The Morgan fingerprint density at radius 1 is 1.26 bits per heavy atom. The molecule has 19 heavy (non-hydrogen) atoms. The molecule has 1 N–H and O–H groups in total. The summed E-state index contributed by atoms with van der Waals surface area (Å²) in [5, 5.41) is 3.58. The topological polar surface area (TPSA) is 33.7 Å². The Morgan fingerprint density at radius 3 is 3.00 bits per heavy atom. The van der Waals surface area contributed by atoms with Crippen molar-refractivity contribution in [3.63, 3.8) is 0 Å². The lowest BCUT2D eigenvalue weighted by molar-refractivity contribution is -0.103. The van der Waals surface area contributed by atoms with Crippen molar-refractivity contribution in [2.75, 3.05) is 32.9 Å². The highest BCUT2D eigenvalue weighted by atomic mass is 16.5. The molecule has 2 heterocycles. The average molecular weight is 268 g/mol. The Labute approximate surface area is 116 Å². The van der Waals surface area contributed by atoms with Crippen LogP contribution >= 0.6 is 0 Å². The SMILES string of the molecule is CC(CC1COCCN1)N1CCOC2CCCCC21. The van der Waals surface area contributed by atoms with Gasteiger partial charge in [-0.25, -0.2) is 0 Å². The van der Waals surface area contributed by atoms with Crippen molar-refractivity contribution < 1.29 is 9.47 Å². The molecule has 0 aromatic heterocycles. The molecule has 0 spiro atoms. The van der Waals surface area contributed by atoms with E-state index in [4.69, 9.17) is 9.47 Å². The summed E-state index contributed by atoms with van der Waals surface area (Å²) in [5.74, 6) is 0. The molecule has 3 fully saturated rings. The van der Waals surface area contributed by atoms with Gasteiger partial charge in [-0.3, -0.25) is 4.90 Å². The first kappa shape index (κ1) is 13.8. The number of nitrogens with one attached hydrogen (secondary N) is 1. The van der Waals surface area contributed by atoms with Crippen LogP contribution < -0.4 is 5.32 Å². The van der Waals surface area contributed by atoms with Crippen molar-refractivity contribution in [3.8, 4) is 0 Å². The molecule has 4 nitrogen and oxygen atoms in total. The summed E-state index contributed by atoms with van der Waals surface area (Å²) in [7, 11) is 0. The Hall–Kier alpha value is -0.160. The number of fused-ring (bicyclic) bond motifs is 1. The predicted molar refractivity (Wildman–Crippen MR) is 75.4 cm³/mol. The van der Waals surface area contributed by atoms with E-state index in [-0.39, 0.29) is 0 Å². The Kier molecular flexibility index (Phi) is 4.74. The fraction of sp³-hybridized carbons (Fsp3) is 1.00. The van der Waals surface area contributed by atoms with Gasteiger partial charge in [0.2, 0.25) is 0 Å². The number of hydrogen-bond donors (Lipinski definition) is 1. The second kappa shape index (κ2) is 6.53. The fourth-order valence-electron chi connectivity index (χ4n) is 3.99. The summed E-state index contributed by atoms with van der Waals surface area (Å²) in [6.45, 7) is 7.16. The lowest BCUT2D eigenvalue weighted by Crippen LogP contribution is -2.57. The van der Waals surface area contributed by atoms with E-state index in [1.807, 2.05) is 0 Å². The van der Waals surface area contributed by atoms with Gasteiger partial charge >= 0.3 is 0 Å².